The summed E-state index contributed by atoms with van der Waals surface area (Å²) in [6, 6.07) is 14.9. The molecule has 0 fully saturated rings. The van der Waals surface area contributed by atoms with Gasteiger partial charge in [-0.3, -0.25) is 5.41 Å². The number of pyridine rings is 2. The van der Waals surface area contributed by atoms with Gasteiger partial charge in [-0.1, -0.05) is 37.3 Å². The summed E-state index contributed by atoms with van der Waals surface area (Å²) in [5, 5.41) is 13.9. The Morgan fingerprint density at radius 2 is 1.56 bits per heavy atom. The van der Waals surface area contributed by atoms with Crippen molar-refractivity contribution in [3.63, 3.8) is 0 Å². The third-order valence-corrected chi connectivity index (χ3v) is 6.54. The van der Waals surface area contributed by atoms with Gasteiger partial charge in [-0.15, -0.1) is 0 Å². The molecule has 7 nitrogen and oxygen atoms in total. The summed E-state index contributed by atoms with van der Waals surface area (Å²) >= 11 is 0. The number of benzene rings is 2. The van der Waals surface area contributed by atoms with Gasteiger partial charge in [0, 0.05) is 53.9 Å². The molecule has 0 amide bonds. The predicted molar refractivity (Wildman–Crippen MR) is 160 cm³/mol. The second kappa shape index (κ2) is 12.5. The molecule has 4 aromatic rings. The first-order chi connectivity index (χ1) is 20.3. The van der Waals surface area contributed by atoms with E-state index in [0.717, 1.165) is 41.9 Å². The molecule has 224 valence electrons. The summed E-state index contributed by atoms with van der Waals surface area (Å²) in [5.41, 5.74) is 14.1. The molecule has 0 unspecified atom stereocenters. The van der Waals surface area contributed by atoms with Crippen LogP contribution in [0.2, 0.25) is 0 Å². The molecule has 0 aliphatic carbocycles. The van der Waals surface area contributed by atoms with Gasteiger partial charge in [-0.05, 0) is 53.9 Å². The van der Waals surface area contributed by atoms with E-state index in [1.165, 1.54) is 18.2 Å². The molecule has 2 aromatic carbocycles. The van der Waals surface area contributed by atoms with Gasteiger partial charge in [0.1, 0.15) is 17.5 Å². The van der Waals surface area contributed by atoms with E-state index in [9.17, 15) is 22.0 Å². The van der Waals surface area contributed by atoms with E-state index in [2.05, 4.69) is 20.6 Å². The summed E-state index contributed by atoms with van der Waals surface area (Å²) in [6.07, 6.45) is 0.466. The average molecular weight is 596 g/mol. The topological polar surface area (TPSA) is 126 Å². The molecule has 12 heteroatoms. The zero-order chi connectivity index (χ0) is 31.4. The van der Waals surface area contributed by atoms with E-state index < -0.39 is 17.7 Å². The van der Waals surface area contributed by atoms with Crippen LogP contribution in [0, 0.1) is 5.41 Å². The minimum atomic E-state index is -4.48. The Morgan fingerprint density at radius 1 is 0.884 bits per heavy atom. The first-order valence-electron chi connectivity index (χ1n) is 13.2. The van der Waals surface area contributed by atoms with Gasteiger partial charge in [0.15, 0.2) is 0 Å². The smallest absolute Gasteiger partial charge is 0.384 e. The fourth-order valence-electron chi connectivity index (χ4n) is 4.23. The van der Waals surface area contributed by atoms with Crippen LogP contribution in [0.3, 0.4) is 0 Å². The third kappa shape index (κ3) is 7.64. The van der Waals surface area contributed by atoms with Gasteiger partial charge in [0.05, 0.1) is 11.1 Å². The van der Waals surface area contributed by atoms with Gasteiger partial charge < -0.3 is 22.1 Å². The fraction of sp³-hybridized carbons (Fsp3) is 0.194. The number of hydrogen-bond donors (Lipinski definition) is 5. The Kier molecular flexibility index (Phi) is 8.98. The molecule has 0 spiro atoms. The lowest BCUT2D eigenvalue weighted by Crippen LogP contribution is -2.14. The number of anilines is 3. The maximum atomic E-state index is 14.3. The van der Waals surface area contributed by atoms with Crippen LogP contribution in [0.15, 0.2) is 79.1 Å². The van der Waals surface area contributed by atoms with Gasteiger partial charge >= 0.3 is 6.18 Å². The fourth-order valence-corrected chi connectivity index (χ4v) is 4.23. The lowest BCUT2D eigenvalue weighted by molar-refractivity contribution is -0.137. The maximum Gasteiger partial charge on any atom is 0.416 e. The number of nitrogen functional groups attached to an aromatic ring is 2. The van der Waals surface area contributed by atoms with Gasteiger partial charge in [0.25, 0.3) is 5.92 Å². The highest BCUT2D eigenvalue weighted by atomic mass is 19.4. The Bertz CT molecular complexity index is 1620. The van der Waals surface area contributed by atoms with Crippen molar-refractivity contribution in [2.75, 3.05) is 16.4 Å². The summed E-state index contributed by atoms with van der Waals surface area (Å²) in [7, 11) is 0. The number of nitrogens with zero attached hydrogens (tertiary/aromatic N) is 2. The Hall–Kier alpha value is -5.00. The van der Waals surface area contributed by atoms with Crippen LogP contribution in [0.25, 0.3) is 16.8 Å². The number of halogens is 5. The zero-order valence-electron chi connectivity index (χ0n) is 23.4. The standard InChI is InChI=1S/C31H30F5N7/c1-3-4-26(43-23-11-9-21(10-12-23)31(34,35)36)24-14-22(30(2,32)33)17-42-29(24)41-15-18-5-7-19(8-6-18)20-13-25(27(37)38)28(39)40-16-20/h4-14,16-17,43H,3,15H2,1-2H3,(H3,37,38)(H2,39,40)(H,41,42)/b26-4+. The number of allylic oxidation sites excluding steroid dienone is 1. The molecule has 0 bridgehead atoms. The van der Waals surface area contributed by atoms with Gasteiger partial charge in [-0.2, -0.15) is 13.2 Å². The third-order valence-electron chi connectivity index (χ3n) is 6.54. The van der Waals surface area contributed by atoms with Crippen LogP contribution >= 0.6 is 0 Å². The van der Waals surface area contributed by atoms with E-state index in [1.54, 1.807) is 18.3 Å². The molecule has 2 heterocycles. The summed E-state index contributed by atoms with van der Waals surface area (Å²) in [6.45, 7) is 2.91. The number of alkyl halides is 5. The number of hydrogen-bond acceptors (Lipinski definition) is 6. The van der Waals surface area contributed by atoms with Crippen LogP contribution in [-0.2, 0) is 18.6 Å². The van der Waals surface area contributed by atoms with Gasteiger partial charge in [0.2, 0.25) is 0 Å². The van der Waals surface area contributed by atoms with E-state index in [4.69, 9.17) is 16.9 Å². The zero-order valence-corrected chi connectivity index (χ0v) is 23.4. The van der Waals surface area contributed by atoms with Crippen molar-refractivity contribution in [2.45, 2.75) is 38.9 Å². The van der Waals surface area contributed by atoms with Crippen LogP contribution in [0.5, 0.6) is 0 Å². The van der Waals surface area contributed by atoms with Crippen LogP contribution in [0.1, 0.15) is 48.1 Å². The van der Waals surface area contributed by atoms with Crippen molar-refractivity contribution in [1.82, 2.24) is 9.97 Å². The van der Waals surface area contributed by atoms with E-state index in [0.29, 0.717) is 41.3 Å². The maximum absolute atomic E-state index is 14.3. The number of amidine groups is 1. The van der Waals surface area contributed by atoms with Crippen LogP contribution < -0.4 is 22.1 Å². The highest BCUT2D eigenvalue weighted by Crippen LogP contribution is 2.34. The number of aromatic nitrogens is 2. The van der Waals surface area contributed by atoms with Crippen molar-refractivity contribution < 1.29 is 22.0 Å². The van der Waals surface area contributed by atoms with E-state index >= 15 is 0 Å². The number of nitrogens with one attached hydrogen (secondary N) is 3. The monoisotopic (exact) mass is 595 g/mol. The summed E-state index contributed by atoms with van der Waals surface area (Å²) < 4.78 is 67.7. The highest BCUT2D eigenvalue weighted by Gasteiger charge is 2.30. The lowest BCUT2D eigenvalue weighted by Gasteiger charge is -2.19. The molecule has 0 radical (unpaired) electrons. The van der Waals surface area contributed by atoms with Crippen molar-refractivity contribution in [2.24, 2.45) is 5.73 Å². The molecule has 4 rings (SSSR count). The minimum Gasteiger partial charge on any atom is -0.384 e. The SMILES string of the molecule is CC/C=C(/Nc1ccc(C(F)(F)F)cc1)c1cc(C(C)(F)F)cnc1NCc1ccc(-c2cnc(N)c(C(=N)N)c2)cc1. The summed E-state index contributed by atoms with van der Waals surface area (Å²) in [4.78, 5) is 8.39. The number of nitrogens with two attached hydrogens (primary N) is 2. The lowest BCUT2D eigenvalue weighted by atomic mass is 10.0. The largest absolute Gasteiger partial charge is 0.416 e. The van der Waals surface area contributed by atoms with Crippen molar-refractivity contribution in [1.29, 1.82) is 5.41 Å². The highest BCUT2D eigenvalue weighted by molar-refractivity contribution is 6.00. The summed E-state index contributed by atoms with van der Waals surface area (Å²) in [5.74, 6) is -2.88. The normalized spacial score (nSPS) is 12.2. The molecule has 0 saturated heterocycles. The van der Waals surface area contributed by atoms with Crippen molar-refractivity contribution >= 4 is 28.9 Å². The van der Waals surface area contributed by atoms with Crippen molar-refractivity contribution in [3.05, 3.63) is 107 Å². The molecule has 43 heavy (non-hydrogen) atoms. The Balaban J connectivity index is 1.60. The second-order valence-corrected chi connectivity index (χ2v) is 9.86. The molecular weight excluding hydrogens is 565 g/mol. The van der Waals surface area contributed by atoms with Crippen molar-refractivity contribution in [3.8, 4) is 11.1 Å². The van der Waals surface area contributed by atoms with Crippen LogP contribution in [0.4, 0.5) is 39.3 Å². The molecule has 2 aromatic heterocycles. The van der Waals surface area contributed by atoms with Gasteiger partial charge in [-0.25, -0.2) is 18.7 Å². The molecule has 0 aliphatic heterocycles. The minimum absolute atomic E-state index is 0.163. The number of rotatable bonds is 10. The molecule has 0 aliphatic rings. The van der Waals surface area contributed by atoms with Crippen LogP contribution in [-0.4, -0.2) is 15.8 Å². The molecule has 0 saturated carbocycles. The Morgan fingerprint density at radius 3 is 2.14 bits per heavy atom. The quantitative estimate of drug-likeness (QED) is 0.0730. The predicted octanol–water partition coefficient (Wildman–Crippen LogP) is 7.62. The molecule has 0 atom stereocenters. The first-order valence-corrected chi connectivity index (χ1v) is 13.2. The second-order valence-electron chi connectivity index (χ2n) is 9.86. The van der Waals surface area contributed by atoms with E-state index in [1.807, 2.05) is 31.2 Å². The van der Waals surface area contributed by atoms with E-state index in [-0.39, 0.29) is 17.2 Å². The molecular formula is C31H30F5N7. The molecule has 7 N–H and O–H groups in total. The average Bonchev–Trinajstić information content (AvgIpc) is 2.95. The Labute approximate surface area is 245 Å². The first kappa shape index (κ1) is 30.9.